The molecule has 2 N–H and O–H groups in total. The van der Waals surface area contributed by atoms with Gasteiger partial charge in [-0.05, 0) is 50.4 Å². The number of piperidine rings is 1. The van der Waals surface area contributed by atoms with E-state index in [2.05, 4.69) is 15.6 Å². The molecule has 1 atom stereocenters. The zero-order chi connectivity index (χ0) is 17.1. The van der Waals surface area contributed by atoms with Gasteiger partial charge in [-0.1, -0.05) is 13.0 Å². The Morgan fingerprint density at radius 3 is 2.38 bits per heavy atom. The fourth-order valence-corrected chi connectivity index (χ4v) is 3.29. The van der Waals surface area contributed by atoms with Crippen molar-refractivity contribution in [1.29, 1.82) is 0 Å². The predicted molar refractivity (Wildman–Crippen MR) is 107 cm³/mol. The van der Waals surface area contributed by atoms with Gasteiger partial charge >= 0.3 is 0 Å². The number of hydrogen-bond donors (Lipinski definition) is 2. The van der Waals surface area contributed by atoms with E-state index in [4.69, 9.17) is 0 Å². The molecule has 1 aromatic heterocycles. The van der Waals surface area contributed by atoms with Crippen LogP contribution in [0.2, 0.25) is 0 Å². The highest BCUT2D eigenvalue weighted by Crippen LogP contribution is 2.24. The molecular weight excluding hydrogens is 375 g/mol. The first kappa shape index (κ1) is 22.7. The third-order valence-corrected chi connectivity index (χ3v) is 5.25. The van der Waals surface area contributed by atoms with Crippen LogP contribution < -0.4 is 10.6 Å². The normalized spacial score (nSPS) is 18.8. The molecular formula is C18H28Cl2N4O2. The predicted octanol–water partition coefficient (Wildman–Crippen LogP) is 2.27. The van der Waals surface area contributed by atoms with Gasteiger partial charge in [0.1, 0.15) is 5.82 Å². The van der Waals surface area contributed by atoms with Crippen molar-refractivity contribution in [3.05, 3.63) is 23.9 Å². The Kier molecular flexibility index (Phi) is 8.80. The first-order chi connectivity index (χ1) is 11.5. The molecule has 0 radical (unpaired) electrons. The highest BCUT2D eigenvalue weighted by Gasteiger charge is 2.34. The van der Waals surface area contributed by atoms with Crippen LogP contribution >= 0.6 is 24.8 Å². The summed E-state index contributed by atoms with van der Waals surface area (Å²) in [5.41, 5.74) is 1.07. The van der Waals surface area contributed by atoms with Crippen molar-refractivity contribution < 1.29 is 9.59 Å². The number of pyridine rings is 1. The largest absolute Gasteiger partial charge is 0.342 e. The van der Waals surface area contributed by atoms with E-state index in [1.54, 1.807) is 6.20 Å². The first-order valence-electron chi connectivity index (χ1n) is 8.77. The van der Waals surface area contributed by atoms with Gasteiger partial charge in [0.15, 0.2) is 0 Å². The molecule has 2 saturated heterocycles. The van der Waals surface area contributed by atoms with Crippen LogP contribution in [0, 0.1) is 24.7 Å². The van der Waals surface area contributed by atoms with Gasteiger partial charge in [-0.3, -0.25) is 9.59 Å². The van der Waals surface area contributed by atoms with Gasteiger partial charge in [-0.25, -0.2) is 4.98 Å². The highest BCUT2D eigenvalue weighted by molar-refractivity contribution is 5.92. The number of halogens is 2. The van der Waals surface area contributed by atoms with Crippen molar-refractivity contribution in [2.45, 2.75) is 26.7 Å². The average Bonchev–Trinajstić information content (AvgIpc) is 2.55. The summed E-state index contributed by atoms with van der Waals surface area (Å²) < 4.78 is 0. The van der Waals surface area contributed by atoms with Crippen LogP contribution in [-0.2, 0) is 9.59 Å². The average molecular weight is 403 g/mol. The second-order valence-corrected chi connectivity index (χ2v) is 7.02. The quantitative estimate of drug-likeness (QED) is 0.809. The monoisotopic (exact) mass is 402 g/mol. The highest BCUT2D eigenvalue weighted by atomic mass is 35.5. The van der Waals surface area contributed by atoms with Gasteiger partial charge in [0.05, 0.1) is 0 Å². The molecule has 3 rings (SSSR count). The number of aryl methyl sites for hydroxylation is 1. The zero-order valence-corrected chi connectivity index (χ0v) is 16.9. The van der Waals surface area contributed by atoms with Crippen molar-refractivity contribution in [3.8, 4) is 0 Å². The van der Waals surface area contributed by atoms with E-state index in [1.807, 2.05) is 30.9 Å². The second kappa shape index (κ2) is 10.1. The molecule has 26 heavy (non-hydrogen) atoms. The molecule has 2 fully saturated rings. The number of anilines is 1. The zero-order valence-electron chi connectivity index (χ0n) is 15.2. The van der Waals surface area contributed by atoms with Gasteiger partial charge in [0.25, 0.3) is 0 Å². The van der Waals surface area contributed by atoms with Crippen molar-refractivity contribution in [1.82, 2.24) is 15.2 Å². The summed E-state index contributed by atoms with van der Waals surface area (Å²) in [4.78, 5) is 31.0. The van der Waals surface area contributed by atoms with E-state index in [0.717, 1.165) is 31.5 Å². The standard InChI is InChI=1S/C18H26N4O2.2ClH/c1-12-3-4-16(20-9-12)21-17(23)14-5-7-22(8-6-14)18(24)13(2)15-10-19-11-15;;/h3-4,9,13-15,19H,5-8,10-11H2,1-2H3,(H,20,21,23);2*1H. The molecule has 1 unspecified atom stereocenters. The van der Waals surface area contributed by atoms with E-state index in [9.17, 15) is 9.59 Å². The second-order valence-electron chi connectivity index (χ2n) is 7.02. The van der Waals surface area contributed by atoms with Crippen LogP contribution in [0.4, 0.5) is 5.82 Å². The van der Waals surface area contributed by atoms with Gasteiger partial charge in [0, 0.05) is 31.1 Å². The summed E-state index contributed by atoms with van der Waals surface area (Å²) in [5.74, 6) is 1.34. The Hall–Kier alpha value is -1.37. The summed E-state index contributed by atoms with van der Waals surface area (Å²) in [6, 6.07) is 3.75. The molecule has 2 aliphatic rings. The summed E-state index contributed by atoms with van der Waals surface area (Å²) in [6.45, 7) is 7.21. The molecule has 0 aromatic carbocycles. The molecule has 6 nitrogen and oxygen atoms in total. The van der Waals surface area contributed by atoms with Crippen LogP contribution in [0.25, 0.3) is 0 Å². The Balaban J connectivity index is 0.00000169. The van der Waals surface area contributed by atoms with Gasteiger partial charge in [0.2, 0.25) is 11.8 Å². The van der Waals surface area contributed by atoms with Crippen molar-refractivity contribution in [2.24, 2.45) is 17.8 Å². The number of amides is 2. The molecule has 1 aromatic rings. The van der Waals surface area contributed by atoms with Gasteiger partial charge < -0.3 is 15.5 Å². The SMILES string of the molecule is Cc1ccc(NC(=O)C2CCN(C(=O)C(C)C3CNC3)CC2)nc1.Cl.Cl. The third-order valence-electron chi connectivity index (χ3n) is 5.25. The minimum absolute atomic E-state index is 0. The van der Waals surface area contributed by atoms with Gasteiger partial charge in [-0.15, -0.1) is 24.8 Å². The Labute approximate surface area is 167 Å². The molecule has 8 heteroatoms. The molecule has 0 saturated carbocycles. The molecule has 2 amide bonds. The Bertz CT molecular complexity index is 600. The summed E-state index contributed by atoms with van der Waals surface area (Å²) in [6.07, 6.45) is 3.19. The number of hydrogen-bond acceptors (Lipinski definition) is 4. The lowest BCUT2D eigenvalue weighted by Gasteiger charge is -2.37. The van der Waals surface area contributed by atoms with E-state index in [0.29, 0.717) is 24.8 Å². The lowest BCUT2D eigenvalue weighted by molar-refractivity contribution is -0.140. The molecule has 146 valence electrons. The van der Waals surface area contributed by atoms with Crippen LogP contribution in [-0.4, -0.2) is 47.9 Å². The number of aromatic nitrogens is 1. The number of rotatable bonds is 4. The number of nitrogens with zero attached hydrogens (tertiary/aromatic N) is 2. The van der Waals surface area contributed by atoms with E-state index in [-0.39, 0.29) is 48.5 Å². The summed E-state index contributed by atoms with van der Waals surface area (Å²) in [7, 11) is 0. The molecule has 0 bridgehead atoms. The van der Waals surface area contributed by atoms with Crippen molar-refractivity contribution >= 4 is 42.4 Å². The fraction of sp³-hybridized carbons (Fsp3) is 0.611. The molecule has 2 aliphatic heterocycles. The minimum Gasteiger partial charge on any atom is -0.342 e. The van der Waals surface area contributed by atoms with Crippen molar-refractivity contribution in [2.75, 3.05) is 31.5 Å². The summed E-state index contributed by atoms with van der Waals surface area (Å²) >= 11 is 0. The number of carbonyl (C=O) groups excluding carboxylic acids is 2. The van der Waals surface area contributed by atoms with E-state index >= 15 is 0 Å². The first-order valence-corrected chi connectivity index (χ1v) is 8.77. The number of likely N-dealkylation sites (tertiary alicyclic amines) is 1. The van der Waals surface area contributed by atoms with E-state index in [1.165, 1.54) is 0 Å². The Morgan fingerprint density at radius 1 is 1.23 bits per heavy atom. The molecule has 0 aliphatic carbocycles. The number of carbonyl (C=O) groups is 2. The maximum Gasteiger partial charge on any atom is 0.228 e. The molecule has 3 heterocycles. The topological polar surface area (TPSA) is 74.3 Å². The van der Waals surface area contributed by atoms with Crippen LogP contribution in [0.5, 0.6) is 0 Å². The van der Waals surface area contributed by atoms with Crippen LogP contribution in [0.3, 0.4) is 0 Å². The smallest absolute Gasteiger partial charge is 0.228 e. The maximum atomic E-state index is 12.5. The maximum absolute atomic E-state index is 12.5. The van der Waals surface area contributed by atoms with E-state index < -0.39 is 0 Å². The minimum atomic E-state index is -0.0437. The fourth-order valence-electron chi connectivity index (χ4n) is 3.29. The van der Waals surface area contributed by atoms with Crippen LogP contribution in [0.1, 0.15) is 25.3 Å². The van der Waals surface area contributed by atoms with Crippen LogP contribution in [0.15, 0.2) is 18.3 Å². The number of nitrogens with one attached hydrogen (secondary N) is 2. The third kappa shape index (κ3) is 5.32. The molecule has 0 spiro atoms. The van der Waals surface area contributed by atoms with Gasteiger partial charge in [-0.2, -0.15) is 0 Å². The lowest BCUT2D eigenvalue weighted by Crippen LogP contribution is -2.52. The summed E-state index contributed by atoms with van der Waals surface area (Å²) in [5, 5.41) is 6.10. The lowest BCUT2D eigenvalue weighted by atomic mass is 9.87. The van der Waals surface area contributed by atoms with Crippen molar-refractivity contribution in [3.63, 3.8) is 0 Å². The Morgan fingerprint density at radius 2 is 1.88 bits per heavy atom.